The fraction of sp³-hybridized carbons (Fsp3) is 0.429. The molecule has 0 saturated carbocycles. The van der Waals surface area contributed by atoms with Gasteiger partial charge in [0.2, 0.25) is 0 Å². The normalized spacial score (nSPS) is 10.7. The number of hydrogen-bond donors (Lipinski definition) is 0. The number of rotatable bonds is 3. The van der Waals surface area contributed by atoms with Crippen molar-refractivity contribution in [3.63, 3.8) is 0 Å². The Hall–Kier alpha value is -2.24. The molecule has 0 radical (unpaired) electrons. The van der Waals surface area contributed by atoms with Gasteiger partial charge in [0.25, 0.3) is 0 Å². The molecule has 0 fully saturated rings. The lowest BCUT2D eigenvalue weighted by molar-refractivity contribution is 0.0201. The lowest BCUT2D eigenvalue weighted by Gasteiger charge is -2.19. The second-order valence-electron chi connectivity index (χ2n) is 4.92. The van der Waals surface area contributed by atoms with E-state index in [-0.39, 0.29) is 11.5 Å². The third-order valence-corrected chi connectivity index (χ3v) is 2.17. The van der Waals surface area contributed by atoms with Gasteiger partial charge in [-0.05, 0) is 39.0 Å². The molecular weight excluding hydrogens is 264 g/mol. The van der Waals surface area contributed by atoms with E-state index in [4.69, 9.17) is 14.2 Å². The summed E-state index contributed by atoms with van der Waals surface area (Å²) in [5, 5.41) is 0. The van der Waals surface area contributed by atoms with Crippen LogP contribution in [0.25, 0.3) is 0 Å². The number of carbonyl (C=O) groups excluding carboxylic acids is 2. The van der Waals surface area contributed by atoms with Crippen LogP contribution >= 0.6 is 0 Å². The van der Waals surface area contributed by atoms with Crippen LogP contribution in [0, 0.1) is 0 Å². The summed E-state index contributed by atoms with van der Waals surface area (Å²) >= 11 is 0. The second-order valence-corrected chi connectivity index (χ2v) is 4.92. The Morgan fingerprint density at radius 2 is 1.70 bits per heavy atom. The summed E-state index contributed by atoms with van der Waals surface area (Å²) < 4.78 is 19.7. The molecule has 0 N–H and O–H groups in total. The summed E-state index contributed by atoms with van der Waals surface area (Å²) in [4.78, 5) is 23.0. The zero-order valence-electron chi connectivity index (χ0n) is 12.2. The number of hydrogen-bond acceptors (Lipinski definition) is 6. The van der Waals surface area contributed by atoms with Crippen molar-refractivity contribution in [3.8, 4) is 11.5 Å². The molecule has 0 saturated heterocycles. The SMILES string of the molecule is COC(=O)c1ccc(OC(=O)OC(C)(C)C)c(OC)c1. The highest BCUT2D eigenvalue weighted by molar-refractivity contribution is 5.90. The molecule has 0 aliphatic carbocycles. The maximum Gasteiger partial charge on any atom is 0.514 e. The summed E-state index contributed by atoms with van der Waals surface area (Å²) in [5.74, 6) is -0.111. The topological polar surface area (TPSA) is 71.1 Å². The van der Waals surface area contributed by atoms with E-state index in [0.29, 0.717) is 5.56 Å². The zero-order valence-corrected chi connectivity index (χ0v) is 12.2. The van der Waals surface area contributed by atoms with Crippen molar-refractivity contribution >= 4 is 12.1 Å². The maximum atomic E-state index is 11.6. The van der Waals surface area contributed by atoms with Crippen LogP contribution in [0.5, 0.6) is 11.5 Å². The smallest absolute Gasteiger partial charge is 0.493 e. The Labute approximate surface area is 117 Å². The number of esters is 1. The molecule has 20 heavy (non-hydrogen) atoms. The van der Waals surface area contributed by atoms with Crippen molar-refractivity contribution in [2.75, 3.05) is 14.2 Å². The van der Waals surface area contributed by atoms with Gasteiger partial charge >= 0.3 is 12.1 Å². The van der Waals surface area contributed by atoms with Gasteiger partial charge in [-0.1, -0.05) is 0 Å². The van der Waals surface area contributed by atoms with Crippen LogP contribution in [0.1, 0.15) is 31.1 Å². The molecule has 0 aliphatic heterocycles. The third-order valence-electron chi connectivity index (χ3n) is 2.17. The predicted molar refractivity (Wildman–Crippen MR) is 71.2 cm³/mol. The van der Waals surface area contributed by atoms with Crippen molar-refractivity contribution in [2.45, 2.75) is 26.4 Å². The van der Waals surface area contributed by atoms with Crippen molar-refractivity contribution in [2.24, 2.45) is 0 Å². The van der Waals surface area contributed by atoms with E-state index in [1.807, 2.05) is 0 Å². The van der Waals surface area contributed by atoms with Crippen LogP contribution in [-0.2, 0) is 9.47 Å². The Morgan fingerprint density at radius 1 is 1.05 bits per heavy atom. The lowest BCUT2D eigenvalue weighted by Crippen LogP contribution is -2.26. The van der Waals surface area contributed by atoms with Gasteiger partial charge in [0.15, 0.2) is 11.5 Å². The van der Waals surface area contributed by atoms with Crippen molar-refractivity contribution in [1.82, 2.24) is 0 Å². The molecule has 0 spiro atoms. The minimum Gasteiger partial charge on any atom is -0.493 e. The van der Waals surface area contributed by atoms with Crippen LogP contribution in [0.15, 0.2) is 18.2 Å². The van der Waals surface area contributed by atoms with E-state index in [1.165, 1.54) is 32.4 Å². The molecule has 0 aromatic heterocycles. The van der Waals surface area contributed by atoms with Gasteiger partial charge in [0.05, 0.1) is 19.8 Å². The third kappa shape index (κ3) is 4.46. The van der Waals surface area contributed by atoms with E-state index >= 15 is 0 Å². The first-order chi connectivity index (χ1) is 9.26. The number of methoxy groups -OCH3 is 2. The molecule has 0 unspecified atom stereocenters. The van der Waals surface area contributed by atoms with Gasteiger partial charge in [0, 0.05) is 0 Å². The lowest BCUT2D eigenvalue weighted by atomic mass is 10.2. The van der Waals surface area contributed by atoms with Crippen LogP contribution < -0.4 is 9.47 Å². The van der Waals surface area contributed by atoms with E-state index in [1.54, 1.807) is 20.8 Å². The Bertz CT molecular complexity index is 501. The molecule has 1 aromatic carbocycles. The van der Waals surface area contributed by atoms with E-state index in [2.05, 4.69) is 4.74 Å². The highest BCUT2D eigenvalue weighted by Crippen LogP contribution is 2.29. The molecule has 1 aromatic rings. The first kappa shape index (κ1) is 15.8. The van der Waals surface area contributed by atoms with Crippen LogP contribution in [0.4, 0.5) is 4.79 Å². The fourth-order valence-electron chi connectivity index (χ4n) is 1.36. The molecule has 0 heterocycles. The zero-order chi connectivity index (χ0) is 15.3. The Balaban J connectivity index is 2.91. The van der Waals surface area contributed by atoms with Crippen molar-refractivity contribution < 1.29 is 28.5 Å². The summed E-state index contributed by atoms with van der Waals surface area (Å²) in [7, 11) is 2.68. The first-order valence-electron chi connectivity index (χ1n) is 5.94. The van der Waals surface area contributed by atoms with Gasteiger partial charge in [-0.25, -0.2) is 9.59 Å². The molecular formula is C14H18O6. The van der Waals surface area contributed by atoms with Gasteiger partial charge in [-0.3, -0.25) is 0 Å². The summed E-state index contributed by atoms with van der Waals surface area (Å²) in [6.45, 7) is 5.18. The number of ether oxygens (including phenoxy) is 4. The van der Waals surface area contributed by atoms with Crippen LogP contribution in [0.3, 0.4) is 0 Å². The number of carbonyl (C=O) groups is 2. The Morgan fingerprint density at radius 3 is 2.20 bits per heavy atom. The fourth-order valence-corrected chi connectivity index (χ4v) is 1.36. The monoisotopic (exact) mass is 282 g/mol. The highest BCUT2D eigenvalue weighted by atomic mass is 16.7. The molecule has 6 heteroatoms. The van der Waals surface area contributed by atoms with Gasteiger partial charge < -0.3 is 18.9 Å². The van der Waals surface area contributed by atoms with E-state index in [0.717, 1.165) is 0 Å². The second kappa shape index (κ2) is 6.27. The highest BCUT2D eigenvalue weighted by Gasteiger charge is 2.20. The van der Waals surface area contributed by atoms with Gasteiger partial charge in [0.1, 0.15) is 5.60 Å². The summed E-state index contributed by atoms with van der Waals surface area (Å²) in [6.07, 6.45) is -0.846. The summed E-state index contributed by atoms with van der Waals surface area (Å²) in [6, 6.07) is 4.33. The van der Waals surface area contributed by atoms with E-state index in [9.17, 15) is 9.59 Å². The molecule has 0 atom stereocenters. The molecule has 0 amide bonds. The minimum atomic E-state index is -0.846. The number of benzene rings is 1. The Kier molecular flexibility index (Phi) is 4.96. The van der Waals surface area contributed by atoms with Gasteiger partial charge in [-0.2, -0.15) is 0 Å². The standard InChI is InChI=1S/C14H18O6/c1-14(2,3)20-13(16)19-10-7-6-9(12(15)18-5)8-11(10)17-4/h6-8H,1-5H3. The van der Waals surface area contributed by atoms with Crippen LogP contribution in [0.2, 0.25) is 0 Å². The average molecular weight is 282 g/mol. The van der Waals surface area contributed by atoms with Crippen molar-refractivity contribution in [1.29, 1.82) is 0 Å². The quantitative estimate of drug-likeness (QED) is 0.627. The van der Waals surface area contributed by atoms with E-state index < -0.39 is 17.7 Å². The van der Waals surface area contributed by atoms with Gasteiger partial charge in [-0.15, -0.1) is 0 Å². The molecule has 0 aliphatic rings. The minimum absolute atomic E-state index is 0.161. The molecule has 1 rings (SSSR count). The predicted octanol–water partition coefficient (Wildman–Crippen LogP) is 2.80. The van der Waals surface area contributed by atoms with Crippen LogP contribution in [-0.4, -0.2) is 31.9 Å². The largest absolute Gasteiger partial charge is 0.514 e. The average Bonchev–Trinajstić information content (AvgIpc) is 2.36. The molecule has 0 bridgehead atoms. The first-order valence-corrected chi connectivity index (χ1v) is 5.94. The van der Waals surface area contributed by atoms with Crippen molar-refractivity contribution in [3.05, 3.63) is 23.8 Å². The maximum absolute atomic E-state index is 11.6. The summed E-state index contributed by atoms with van der Waals surface area (Å²) in [5.41, 5.74) is -0.364. The molecule has 6 nitrogen and oxygen atoms in total. The molecule has 110 valence electrons.